The van der Waals surface area contributed by atoms with Crippen LogP contribution in [0.15, 0.2) is 42.5 Å². The molecule has 7 nitrogen and oxygen atoms in total. The SMILES string of the molecule is CCC(CC)N(CCOC1CCCC(OCc2cccc(C)c2C(=O)O)C1)C(=O)Nc1cccc(F)c1. The number of halogens is 1. The van der Waals surface area contributed by atoms with E-state index in [1.165, 1.54) is 12.1 Å². The van der Waals surface area contributed by atoms with E-state index in [4.69, 9.17) is 9.47 Å². The van der Waals surface area contributed by atoms with Gasteiger partial charge in [0.15, 0.2) is 0 Å². The largest absolute Gasteiger partial charge is 0.478 e. The lowest BCUT2D eigenvalue weighted by Gasteiger charge is -2.33. The standard InChI is InChI=1S/C29H39FN2O5/c1-4-24(5-2)32(29(35)31-23-12-7-11-22(30)17-23)15-16-36-25-13-8-14-26(18-25)37-19-21-10-6-9-20(3)27(21)28(33)34/h6-7,9-12,17,24-26H,4-5,8,13-16,18-19H2,1-3H3,(H,31,35)(H,33,34). The summed E-state index contributed by atoms with van der Waals surface area (Å²) < 4.78 is 25.8. The van der Waals surface area contributed by atoms with Crippen LogP contribution in [-0.2, 0) is 16.1 Å². The summed E-state index contributed by atoms with van der Waals surface area (Å²) in [7, 11) is 0. The average molecular weight is 515 g/mol. The number of hydrogen-bond acceptors (Lipinski definition) is 4. The van der Waals surface area contributed by atoms with Crippen LogP contribution in [0.3, 0.4) is 0 Å². The number of benzene rings is 2. The van der Waals surface area contributed by atoms with E-state index in [0.29, 0.717) is 30.0 Å². The van der Waals surface area contributed by atoms with Crippen LogP contribution in [0.25, 0.3) is 0 Å². The van der Waals surface area contributed by atoms with E-state index < -0.39 is 11.8 Å². The van der Waals surface area contributed by atoms with E-state index in [0.717, 1.165) is 44.1 Å². The van der Waals surface area contributed by atoms with Crippen molar-refractivity contribution in [3.05, 3.63) is 65.0 Å². The molecule has 2 unspecified atom stereocenters. The van der Waals surface area contributed by atoms with Crippen molar-refractivity contribution in [1.82, 2.24) is 4.90 Å². The average Bonchev–Trinajstić information content (AvgIpc) is 2.87. The first kappa shape index (κ1) is 28.6. The molecule has 1 aliphatic rings. The molecule has 2 aromatic rings. The van der Waals surface area contributed by atoms with Crippen LogP contribution in [0.1, 0.15) is 73.9 Å². The number of urea groups is 1. The highest BCUT2D eigenvalue weighted by molar-refractivity contribution is 5.91. The van der Waals surface area contributed by atoms with Crippen molar-refractivity contribution in [2.75, 3.05) is 18.5 Å². The Labute approximate surface area is 219 Å². The maximum atomic E-state index is 13.6. The third kappa shape index (κ3) is 8.27. The summed E-state index contributed by atoms with van der Waals surface area (Å²) in [6, 6.07) is 11.1. The quantitative estimate of drug-likeness (QED) is 0.342. The van der Waals surface area contributed by atoms with Gasteiger partial charge in [0, 0.05) is 18.3 Å². The van der Waals surface area contributed by atoms with Gasteiger partial charge in [0.1, 0.15) is 5.82 Å². The zero-order valence-electron chi connectivity index (χ0n) is 22.0. The van der Waals surface area contributed by atoms with Gasteiger partial charge in [-0.3, -0.25) is 0 Å². The van der Waals surface area contributed by atoms with E-state index in [2.05, 4.69) is 5.32 Å². The molecule has 1 fully saturated rings. The van der Waals surface area contributed by atoms with Crippen LogP contribution in [-0.4, -0.2) is 53.4 Å². The molecule has 0 bridgehead atoms. The Morgan fingerprint density at radius 2 is 1.81 bits per heavy atom. The van der Waals surface area contributed by atoms with Crippen molar-refractivity contribution in [3.8, 4) is 0 Å². The van der Waals surface area contributed by atoms with Crippen LogP contribution >= 0.6 is 0 Å². The van der Waals surface area contributed by atoms with Gasteiger partial charge in [0.05, 0.1) is 31.0 Å². The second-order valence-electron chi connectivity index (χ2n) is 9.61. The number of aryl methyl sites for hydroxylation is 1. The first-order chi connectivity index (χ1) is 17.8. The summed E-state index contributed by atoms with van der Waals surface area (Å²) >= 11 is 0. The summed E-state index contributed by atoms with van der Waals surface area (Å²) in [4.78, 5) is 26.4. The van der Waals surface area contributed by atoms with E-state index in [9.17, 15) is 19.1 Å². The molecule has 37 heavy (non-hydrogen) atoms. The number of carbonyl (C=O) groups excluding carboxylic acids is 1. The molecule has 1 aliphatic carbocycles. The number of carboxylic acids is 1. The molecule has 3 rings (SSSR count). The fourth-order valence-corrected chi connectivity index (χ4v) is 5.03. The lowest BCUT2D eigenvalue weighted by atomic mass is 9.94. The number of carbonyl (C=O) groups is 2. The maximum Gasteiger partial charge on any atom is 0.336 e. The summed E-state index contributed by atoms with van der Waals surface area (Å²) in [5, 5.41) is 12.4. The smallest absolute Gasteiger partial charge is 0.336 e. The van der Waals surface area contributed by atoms with Gasteiger partial charge in [0.25, 0.3) is 0 Å². The van der Waals surface area contributed by atoms with Gasteiger partial charge in [-0.1, -0.05) is 38.1 Å². The molecule has 0 saturated heterocycles. The predicted molar refractivity (Wildman–Crippen MR) is 141 cm³/mol. The summed E-state index contributed by atoms with van der Waals surface area (Å²) in [6.07, 6.45) is 5.15. The number of aromatic carboxylic acids is 1. The molecule has 0 aromatic heterocycles. The minimum absolute atomic E-state index is 0.00711. The van der Waals surface area contributed by atoms with Crippen LogP contribution in [0, 0.1) is 12.7 Å². The van der Waals surface area contributed by atoms with E-state index >= 15 is 0 Å². The van der Waals surface area contributed by atoms with Crippen molar-refractivity contribution in [3.63, 3.8) is 0 Å². The van der Waals surface area contributed by atoms with Gasteiger partial charge in [0.2, 0.25) is 0 Å². The van der Waals surface area contributed by atoms with Gasteiger partial charge in [-0.2, -0.15) is 0 Å². The van der Waals surface area contributed by atoms with Crippen LogP contribution in [0.5, 0.6) is 0 Å². The predicted octanol–water partition coefficient (Wildman–Crippen LogP) is 6.40. The Morgan fingerprint density at radius 1 is 1.11 bits per heavy atom. The highest BCUT2D eigenvalue weighted by Gasteiger charge is 2.26. The fraction of sp³-hybridized carbons (Fsp3) is 0.517. The van der Waals surface area contributed by atoms with Crippen LogP contribution < -0.4 is 5.32 Å². The summed E-state index contributed by atoms with van der Waals surface area (Å²) in [5.41, 5.74) is 2.14. The van der Waals surface area contributed by atoms with Gasteiger partial charge < -0.3 is 24.8 Å². The van der Waals surface area contributed by atoms with Crippen molar-refractivity contribution in [1.29, 1.82) is 0 Å². The van der Waals surface area contributed by atoms with Gasteiger partial charge in [-0.15, -0.1) is 0 Å². The molecule has 0 spiro atoms. The zero-order chi connectivity index (χ0) is 26.8. The van der Waals surface area contributed by atoms with Crippen molar-refractivity contribution >= 4 is 17.7 Å². The molecular formula is C29H39FN2O5. The molecule has 202 valence electrons. The van der Waals surface area contributed by atoms with E-state index in [1.807, 2.05) is 19.9 Å². The molecule has 2 amide bonds. The van der Waals surface area contributed by atoms with E-state index in [1.54, 1.807) is 36.1 Å². The lowest BCUT2D eigenvalue weighted by molar-refractivity contribution is -0.0533. The summed E-state index contributed by atoms with van der Waals surface area (Å²) in [6.45, 7) is 6.96. The first-order valence-electron chi connectivity index (χ1n) is 13.2. The fourth-order valence-electron chi connectivity index (χ4n) is 5.03. The van der Waals surface area contributed by atoms with Crippen molar-refractivity contribution < 1.29 is 28.6 Å². The number of rotatable bonds is 12. The highest BCUT2D eigenvalue weighted by Crippen LogP contribution is 2.26. The Bertz CT molecular complexity index is 1040. The molecule has 8 heteroatoms. The third-order valence-electron chi connectivity index (χ3n) is 7.03. The molecule has 1 saturated carbocycles. The normalized spacial score (nSPS) is 17.5. The van der Waals surface area contributed by atoms with E-state index in [-0.39, 0.29) is 30.9 Å². The third-order valence-corrected chi connectivity index (χ3v) is 7.03. The van der Waals surface area contributed by atoms with Crippen LogP contribution in [0.4, 0.5) is 14.9 Å². The molecule has 2 N–H and O–H groups in total. The zero-order valence-corrected chi connectivity index (χ0v) is 22.0. The van der Waals surface area contributed by atoms with Gasteiger partial charge >= 0.3 is 12.0 Å². The first-order valence-corrected chi connectivity index (χ1v) is 13.2. The minimum atomic E-state index is -0.940. The summed E-state index contributed by atoms with van der Waals surface area (Å²) in [5.74, 6) is -1.34. The number of ether oxygens (including phenoxy) is 2. The molecule has 0 aliphatic heterocycles. The number of hydrogen-bond donors (Lipinski definition) is 2. The maximum absolute atomic E-state index is 13.6. The molecule has 0 heterocycles. The number of nitrogens with one attached hydrogen (secondary N) is 1. The van der Waals surface area contributed by atoms with Crippen LogP contribution in [0.2, 0.25) is 0 Å². The Kier molecular flexibility index (Phi) is 10.9. The Balaban J connectivity index is 1.52. The Morgan fingerprint density at radius 3 is 2.49 bits per heavy atom. The topological polar surface area (TPSA) is 88.1 Å². The number of nitrogens with zero attached hydrogens (tertiary/aromatic N) is 1. The monoisotopic (exact) mass is 514 g/mol. The number of anilines is 1. The number of carboxylic acid groups (broad SMARTS) is 1. The second-order valence-corrected chi connectivity index (χ2v) is 9.61. The molecule has 0 radical (unpaired) electrons. The molecule has 2 aromatic carbocycles. The van der Waals surface area contributed by atoms with Gasteiger partial charge in [-0.05, 0) is 74.8 Å². The molecule has 2 atom stereocenters. The highest BCUT2D eigenvalue weighted by atomic mass is 19.1. The Hall–Kier alpha value is -2.97. The van der Waals surface area contributed by atoms with Crippen molar-refractivity contribution in [2.24, 2.45) is 0 Å². The second kappa shape index (κ2) is 14.1. The van der Waals surface area contributed by atoms with Crippen molar-refractivity contribution in [2.45, 2.75) is 84.2 Å². The number of amides is 2. The van der Waals surface area contributed by atoms with Gasteiger partial charge in [-0.25, -0.2) is 14.0 Å². The molecular weight excluding hydrogens is 475 g/mol. The minimum Gasteiger partial charge on any atom is -0.478 e. The lowest BCUT2D eigenvalue weighted by Crippen LogP contribution is -2.44.